The number of halogens is 1. The standard InChI is InChI=1S/C25H30FN3O/c1-2-12-27-18-21(20-8-4-3-5-9-20)17-22(19-27)25(30)29-15-13-28(14-16-29)24-11-7-6-10-23(24)26/h2-11,21-22H,1,12-19H2. The van der Waals surface area contributed by atoms with E-state index in [0.29, 0.717) is 37.8 Å². The minimum atomic E-state index is -0.199. The molecule has 2 heterocycles. The van der Waals surface area contributed by atoms with Crippen LogP contribution in [0.1, 0.15) is 17.9 Å². The maximum atomic E-state index is 14.1. The van der Waals surface area contributed by atoms with Crippen molar-refractivity contribution in [3.63, 3.8) is 0 Å². The van der Waals surface area contributed by atoms with E-state index in [4.69, 9.17) is 0 Å². The molecule has 2 atom stereocenters. The number of amides is 1. The highest BCUT2D eigenvalue weighted by atomic mass is 19.1. The van der Waals surface area contributed by atoms with E-state index >= 15 is 0 Å². The van der Waals surface area contributed by atoms with Gasteiger partial charge in [-0.1, -0.05) is 48.5 Å². The van der Waals surface area contributed by atoms with Crippen molar-refractivity contribution in [2.75, 3.05) is 50.7 Å². The molecule has 2 aliphatic rings. The molecule has 4 nitrogen and oxygen atoms in total. The molecule has 0 bridgehead atoms. The lowest BCUT2D eigenvalue weighted by Crippen LogP contribution is -2.53. The lowest BCUT2D eigenvalue weighted by Gasteiger charge is -2.41. The first-order chi connectivity index (χ1) is 14.7. The van der Waals surface area contributed by atoms with Crippen LogP contribution >= 0.6 is 0 Å². The minimum Gasteiger partial charge on any atom is -0.366 e. The lowest BCUT2D eigenvalue weighted by atomic mass is 9.83. The fourth-order valence-corrected chi connectivity index (χ4v) is 4.80. The van der Waals surface area contributed by atoms with Gasteiger partial charge in [0.15, 0.2) is 0 Å². The van der Waals surface area contributed by atoms with Gasteiger partial charge in [-0.3, -0.25) is 9.69 Å². The molecule has 0 spiro atoms. The molecule has 0 radical (unpaired) electrons. The van der Waals surface area contributed by atoms with E-state index in [2.05, 4.69) is 35.7 Å². The predicted octanol–water partition coefficient (Wildman–Crippen LogP) is 3.77. The van der Waals surface area contributed by atoms with Gasteiger partial charge in [0, 0.05) is 45.8 Å². The Kier molecular flexibility index (Phi) is 6.48. The normalized spacial score (nSPS) is 22.7. The van der Waals surface area contributed by atoms with Crippen LogP contribution in [0.25, 0.3) is 0 Å². The fraction of sp³-hybridized carbons (Fsp3) is 0.400. The molecule has 0 saturated carbocycles. The summed E-state index contributed by atoms with van der Waals surface area (Å²) in [6, 6.07) is 17.4. The number of likely N-dealkylation sites (tertiary alicyclic amines) is 1. The van der Waals surface area contributed by atoms with Crippen molar-refractivity contribution in [2.24, 2.45) is 5.92 Å². The number of carbonyl (C=O) groups excluding carboxylic acids is 1. The molecular formula is C25H30FN3O. The molecule has 4 rings (SSSR count). The zero-order valence-corrected chi connectivity index (χ0v) is 17.4. The molecule has 2 aromatic rings. The summed E-state index contributed by atoms with van der Waals surface area (Å²) in [6.45, 7) is 9.03. The van der Waals surface area contributed by atoms with Crippen LogP contribution in [0.5, 0.6) is 0 Å². The second-order valence-electron chi connectivity index (χ2n) is 8.31. The molecule has 0 aliphatic carbocycles. The van der Waals surface area contributed by atoms with Gasteiger partial charge in [0.2, 0.25) is 5.91 Å². The van der Waals surface area contributed by atoms with Crippen LogP contribution in [0.4, 0.5) is 10.1 Å². The first-order valence-electron chi connectivity index (χ1n) is 10.8. The van der Waals surface area contributed by atoms with Gasteiger partial charge in [-0.25, -0.2) is 4.39 Å². The topological polar surface area (TPSA) is 26.8 Å². The Hall–Kier alpha value is -2.66. The van der Waals surface area contributed by atoms with Crippen LogP contribution in [0, 0.1) is 11.7 Å². The minimum absolute atomic E-state index is 0.0103. The number of rotatable bonds is 5. The maximum absolute atomic E-state index is 14.1. The van der Waals surface area contributed by atoms with Crippen molar-refractivity contribution < 1.29 is 9.18 Å². The Bertz CT molecular complexity index is 864. The van der Waals surface area contributed by atoms with Crippen LogP contribution in [-0.4, -0.2) is 61.5 Å². The van der Waals surface area contributed by atoms with Gasteiger partial charge in [-0.05, 0) is 30.0 Å². The molecule has 158 valence electrons. The third kappa shape index (κ3) is 4.57. The van der Waals surface area contributed by atoms with Gasteiger partial charge in [0.25, 0.3) is 0 Å². The summed E-state index contributed by atoms with van der Waals surface area (Å²) >= 11 is 0. The molecule has 5 heteroatoms. The number of hydrogen-bond donors (Lipinski definition) is 0. The average molecular weight is 408 g/mol. The SMILES string of the molecule is C=CCN1CC(C(=O)N2CCN(c3ccccc3F)CC2)CC(c2ccccc2)C1. The highest BCUT2D eigenvalue weighted by Crippen LogP contribution is 2.31. The molecule has 2 saturated heterocycles. The first kappa shape index (κ1) is 20.6. The molecule has 2 aromatic carbocycles. The predicted molar refractivity (Wildman–Crippen MR) is 119 cm³/mol. The first-order valence-corrected chi connectivity index (χ1v) is 10.8. The van der Waals surface area contributed by atoms with Gasteiger partial charge in [-0.15, -0.1) is 6.58 Å². The van der Waals surface area contributed by atoms with Crippen LogP contribution < -0.4 is 4.90 Å². The Morgan fingerprint density at radius 2 is 1.70 bits per heavy atom. The van der Waals surface area contributed by atoms with Gasteiger partial charge < -0.3 is 9.80 Å². The molecule has 1 amide bonds. The highest BCUT2D eigenvalue weighted by Gasteiger charge is 2.35. The summed E-state index contributed by atoms with van der Waals surface area (Å²) in [5.74, 6) is 0.380. The fourth-order valence-electron chi connectivity index (χ4n) is 4.80. The number of piperazine rings is 1. The zero-order chi connectivity index (χ0) is 20.9. The van der Waals surface area contributed by atoms with Gasteiger partial charge in [-0.2, -0.15) is 0 Å². The van der Waals surface area contributed by atoms with Crippen molar-refractivity contribution in [2.45, 2.75) is 12.3 Å². The zero-order valence-electron chi connectivity index (χ0n) is 17.4. The second-order valence-corrected chi connectivity index (χ2v) is 8.31. The summed E-state index contributed by atoms with van der Waals surface area (Å²) < 4.78 is 14.1. The molecular weight excluding hydrogens is 377 g/mol. The Morgan fingerprint density at radius 3 is 2.40 bits per heavy atom. The highest BCUT2D eigenvalue weighted by molar-refractivity contribution is 5.79. The van der Waals surface area contributed by atoms with E-state index in [1.807, 2.05) is 34.1 Å². The van der Waals surface area contributed by atoms with Crippen molar-refractivity contribution >= 4 is 11.6 Å². The summed E-state index contributed by atoms with van der Waals surface area (Å²) in [4.78, 5) is 19.7. The number of carbonyl (C=O) groups is 1. The average Bonchev–Trinajstić information content (AvgIpc) is 2.80. The van der Waals surface area contributed by atoms with E-state index in [-0.39, 0.29) is 17.6 Å². The van der Waals surface area contributed by atoms with E-state index in [0.717, 1.165) is 26.1 Å². The number of para-hydroxylation sites is 1. The number of hydrogen-bond acceptors (Lipinski definition) is 3. The molecule has 2 fully saturated rings. The van der Waals surface area contributed by atoms with Crippen molar-refractivity contribution in [1.29, 1.82) is 0 Å². The quantitative estimate of drug-likeness (QED) is 0.706. The Labute approximate surface area is 178 Å². The smallest absolute Gasteiger partial charge is 0.227 e. The lowest BCUT2D eigenvalue weighted by molar-refractivity contribution is -0.137. The molecule has 0 aromatic heterocycles. The third-order valence-corrected chi connectivity index (χ3v) is 6.32. The largest absolute Gasteiger partial charge is 0.366 e. The summed E-state index contributed by atoms with van der Waals surface area (Å²) in [7, 11) is 0. The van der Waals surface area contributed by atoms with Gasteiger partial charge in [0.1, 0.15) is 5.82 Å². The van der Waals surface area contributed by atoms with Crippen molar-refractivity contribution in [1.82, 2.24) is 9.80 Å². The molecule has 2 aliphatic heterocycles. The second kappa shape index (κ2) is 9.43. The van der Waals surface area contributed by atoms with Crippen LogP contribution in [0.2, 0.25) is 0 Å². The van der Waals surface area contributed by atoms with Gasteiger partial charge in [0.05, 0.1) is 11.6 Å². The van der Waals surface area contributed by atoms with Crippen LogP contribution in [0.15, 0.2) is 67.3 Å². The molecule has 2 unspecified atom stereocenters. The van der Waals surface area contributed by atoms with Gasteiger partial charge >= 0.3 is 0 Å². The van der Waals surface area contributed by atoms with Crippen LogP contribution in [0.3, 0.4) is 0 Å². The molecule has 0 N–H and O–H groups in total. The Balaban J connectivity index is 1.42. The van der Waals surface area contributed by atoms with E-state index in [1.54, 1.807) is 6.07 Å². The van der Waals surface area contributed by atoms with E-state index < -0.39 is 0 Å². The van der Waals surface area contributed by atoms with Crippen molar-refractivity contribution in [3.8, 4) is 0 Å². The summed E-state index contributed by atoms with van der Waals surface area (Å²) in [5.41, 5.74) is 1.93. The maximum Gasteiger partial charge on any atom is 0.227 e. The van der Waals surface area contributed by atoms with E-state index in [9.17, 15) is 9.18 Å². The number of piperidine rings is 1. The summed E-state index contributed by atoms with van der Waals surface area (Å²) in [6.07, 6.45) is 2.80. The number of benzene rings is 2. The van der Waals surface area contributed by atoms with E-state index in [1.165, 1.54) is 11.6 Å². The number of nitrogens with zero attached hydrogens (tertiary/aromatic N) is 3. The third-order valence-electron chi connectivity index (χ3n) is 6.32. The molecule has 30 heavy (non-hydrogen) atoms. The van der Waals surface area contributed by atoms with Crippen LogP contribution in [-0.2, 0) is 4.79 Å². The monoisotopic (exact) mass is 407 g/mol. The Morgan fingerprint density at radius 1 is 1.00 bits per heavy atom. The summed E-state index contributed by atoms with van der Waals surface area (Å²) in [5, 5.41) is 0. The van der Waals surface area contributed by atoms with Crippen molar-refractivity contribution in [3.05, 3.63) is 78.6 Å². The number of anilines is 1.